The summed E-state index contributed by atoms with van der Waals surface area (Å²) in [5.74, 6) is -2.50. The summed E-state index contributed by atoms with van der Waals surface area (Å²) < 4.78 is 35.6. The summed E-state index contributed by atoms with van der Waals surface area (Å²) in [5, 5.41) is 10.5. The van der Waals surface area contributed by atoms with Gasteiger partial charge in [-0.2, -0.15) is 13.2 Å². The summed E-state index contributed by atoms with van der Waals surface area (Å²) in [6.07, 6.45) is -3.05. The van der Waals surface area contributed by atoms with Gasteiger partial charge < -0.3 is 10.4 Å². The van der Waals surface area contributed by atoms with E-state index in [1.54, 1.807) is 0 Å². The normalized spacial score (nSPS) is 25.4. The zero-order valence-electron chi connectivity index (χ0n) is 9.09. The number of nitrogens with one attached hydrogen (secondary N) is 1. The van der Waals surface area contributed by atoms with Crippen LogP contribution in [0.25, 0.3) is 0 Å². The van der Waals surface area contributed by atoms with Crippen molar-refractivity contribution in [2.24, 2.45) is 11.8 Å². The molecule has 1 saturated carbocycles. The first-order chi connectivity index (χ1) is 7.79. The molecular formula is C10H14F3NO3. The maximum absolute atomic E-state index is 11.9. The highest BCUT2D eigenvalue weighted by Gasteiger charge is 2.32. The minimum Gasteiger partial charge on any atom is -0.481 e. The van der Waals surface area contributed by atoms with Crippen LogP contribution in [0.1, 0.15) is 25.7 Å². The molecule has 4 nitrogen and oxygen atoms in total. The van der Waals surface area contributed by atoms with Crippen molar-refractivity contribution in [2.45, 2.75) is 31.9 Å². The Hall–Kier alpha value is -1.27. The average molecular weight is 253 g/mol. The van der Waals surface area contributed by atoms with Crippen molar-refractivity contribution in [2.75, 3.05) is 6.54 Å². The van der Waals surface area contributed by atoms with Gasteiger partial charge in [0.25, 0.3) is 0 Å². The van der Waals surface area contributed by atoms with E-state index in [2.05, 4.69) is 0 Å². The van der Waals surface area contributed by atoms with Gasteiger partial charge in [-0.05, 0) is 25.7 Å². The highest BCUT2D eigenvalue weighted by molar-refractivity contribution is 5.79. The van der Waals surface area contributed by atoms with E-state index in [0.29, 0.717) is 25.7 Å². The summed E-state index contributed by atoms with van der Waals surface area (Å²) in [4.78, 5) is 22.0. The third-order valence-corrected chi connectivity index (χ3v) is 2.91. The Morgan fingerprint density at radius 1 is 1.12 bits per heavy atom. The number of aliphatic carboxylic acids is 1. The Labute approximate surface area is 96.2 Å². The van der Waals surface area contributed by atoms with Crippen LogP contribution in [0.15, 0.2) is 0 Å². The van der Waals surface area contributed by atoms with E-state index in [1.807, 2.05) is 5.32 Å². The van der Waals surface area contributed by atoms with Crippen LogP contribution in [0.4, 0.5) is 13.2 Å². The van der Waals surface area contributed by atoms with Gasteiger partial charge in [0.1, 0.15) is 6.54 Å². The number of carboxylic acids is 1. The van der Waals surface area contributed by atoms with Gasteiger partial charge in [-0.25, -0.2) is 0 Å². The van der Waals surface area contributed by atoms with Gasteiger partial charge in [0.05, 0.1) is 5.92 Å². The molecular weight excluding hydrogens is 239 g/mol. The van der Waals surface area contributed by atoms with E-state index in [-0.39, 0.29) is 0 Å². The molecule has 0 atom stereocenters. The van der Waals surface area contributed by atoms with Crippen molar-refractivity contribution >= 4 is 11.9 Å². The van der Waals surface area contributed by atoms with E-state index in [9.17, 15) is 22.8 Å². The SMILES string of the molecule is O=C(O)C1CCC(C(=O)NCC(F)(F)F)CC1. The molecule has 0 saturated heterocycles. The fraction of sp³-hybridized carbons (Fsp3) is 0.800. The fourth-order valence-corrected chi connectivity index (χ4v) is 1.93. The van der Waals surface area contributed by atoms with Crippen molar-refractivity contribution in [1.29, 1.82) is 0 Å². The molecule has 1 fully saturated rings. The molecule has 0 aromatic rings. The Morgan fingerprint density at radius 3 is 2.00 bits per heavy atom. The minimum absolute atomic E-state index is 0.334. The van der Waals surface area contributed by atoms with Crippen LogP contribution in [-0.4, -0.2) is 29.7 Å². The quantitative estimate of drug-likeness (QED) is 0.802. The molecule has 0 heterocycles. The highest BCUT2D eigenvalue weighted by atomic mass is 19.4. The molecule has 0 aromatic carbocycles. The Kier molecular flexibility index (Phi) is 4.36. The van der Waals surface area contributed by atoms with Crippen LogP contribution in [0.2, 0.25) is 0 Å². The largest absolute Gasteiger partial charge is 0.481 e. The van der Waals surface area contributed by atoms with Gasteiger partial charge in [0.15, 0.2) is 0 Å². The summed E-state index contributed by atoms with van der Waals surface area (Å²) in [7, 11) is 0. The molecule has 0 spiro atoms. The number of rotatable bonds is 3. The van der Waals surface area contributed by atoms with Crippen LogP contribution >= 0.6 is 0 Å². The van der Waals surface area contributed by atoms with Crippen molar-refractivity contribution in [1.82, 2.24) is 5.32 Å². The van der Waals surface area contributed by atoms with Crippen molar-refractivity contribution < 1.29 is 27.9 Å². The Balaban J connectivity index is 2.33. The van der Waals surface area contributed by atoms with E-state index in [1.165, 1.54) is 0 Å². The second kappa shape index (κ2) is 5.37. The lowest BCUT2D eigenvalue weighted by atomic mass is 9.81. The van der Waals surface area contributed by atoms with Crippen LogP contribution in [0, 0.1) is 11.8 Å². The molecule has 1 aliphatic rings. The Bertz CT molecular complexity index is 296. The number of hydrogen-bond acceptors (Lipinski definition) is 2. The first-order valence-electron chi connectivity index (χ1n) is 5.37. The molecule has 1 amide bonds. The standard InChI is InChI=1S/C10H14F3NO3/c11-10(12,13)5-14-8(15)6-1-3-7(4-2-6)9(16)17/h6-7H,1-5H2,(H,14,15)(H,16,17). The number of carboxylic acid groups (broad SMARTS) is 1. The second-order valence-electron chi connectivity index (χ2n) is 4.22. The maximum atomic E-state index is 11.9. The predicted octanol–water partition coefficient (Wildman–Crippen LogP) is 1.56. The zero-order chi connectivity index (χ0) is 13.1. The number of amides is 1. The lowest BCUT2D eigenvalue weighted by molar-refractivity contribution is -0.145. The van der Waals surface area contributed by atoms with E-state index >= 15 is 0 Å². The van der Waals surface area contributed by atoms with Crippen molar-refractivity contribution in [3.63, 3.8) is 0 Å². The zero-order valence-corrected chi connectivity index (χ0v) is 9.09. The number of carbonyl (C=O) groups is 2. The molecule has 7 heteroatoms. The van der Waals surface area contributed by atoms with Crippen molar-refractivity contribution in [3.05, 3.63) is 0 Å². The summed E-state index contributed by atoms with van der Waals surface area (Å²) in [6, 6.07) is 0. The lowest BCUT2D eigenvalue weighted by Crippen LogP contribution is -2.39. The number of alkyl halides is 3. The molecule has 2 N–H and O–H groups in total. The molecule has 0 radical (unpaired) electrons. The van der Waals surface area contributed by atoms with Crippen LogP contribution in [0.3, 0.4) is 0 Å². The molecule has 17 heavy (non-hydrogen) atoms. The molecule has 98 valence electrons. The highest BCUT2D eigenvalue weighted by Crippen LogP contribution is 2.29. The maximum Gasteiger partial charge on any atom is 0.405 e. The van der Waals surface area contributed by atoms with E-state index in [4.69, 9.17) is 5.11 Å². The van der Waals surface area contributed by atoms with E-state index < -0.39 is 36.4 Å². The van der Waals surface area contributed by atoms with Gasteiger partial charge in [-0.15, -0.1) is 0 Å². The summed E-state index contributed by atoms with van der Waals surface area (Å²) in [5.41, 5.74) is 0. The first kappa shape index (κ1) is 13.8. The number of hydrogen-bond donors (Lipinski definition) is 2. The molecule has 0 unspecified atom stereocenters. The first-order valence-corrected chi connectivity index (χ1v) is 5.37. The smallest absolute Gasteiger partial charge is 0.405 e. The second-order valence-corrected chi connectivity index (χ2v) is 4.22. The Morgan fingerprint density at radius 2 is 1.59 bits per heavy atom. The van der Waals surface area contributed by atoms with Gasteiger partial charge in [0.2, 0.25) is 5.91 Å². The summed E-state index contributed by atoms with van der Waals surface area (Å²) >= 11 is 0. The van der Waals surface area contributed by atoms with Gasteiger partial charge in [0, 0.05) is 5.92 Å². The molecule has 1 aliphatic carbocycles. The van der Waals surface area contributed by atoms with Crippen molar-refractivity contribution in [3.8, 4) is 0 Å². The predicted molar refractivity (Wildman–Crippen MR) is 52.1 cm³/mol. The van der Waals surface area contributed by atoms with Crippen LogP contribution in [-0.2, 0) is 9.59 Å². The van der Waals surface area contributed by atoms with Gasteiger partial charge in [-0.3, -0.25) is 9.59 Å². The third-order valence-electron chi connectivity index (χ3n) is 2.91. The molecule has 0 bridgehead atoms. The monoisotopic (exact) mass is 253 g/mol. The number of carbonyl (C=O) groups excluding carboxylic acids is 1. The third kappa shape index (κ3) is 4.62. The lowest BCUT2D eigenvalue weighted by Gasteiger charge is -2.25. The van der Waals surface area contributed by atoms with Gasteiger partial charge in [-0.1, -0.05) is 0 Å². The summed E-state index contributed by atoms with van der Waals surface area (Å²) in [6.45, 7) is -1.33. The van der Waals surface area contributed by atoms with Gasteiger partial charge >= 0.3 is 12.1 Å². The minimum atomic E-state index is -4.41. The van der Waals surface area contributed by atoms with E-state index in [0.717, 1.165) is 0 Å². The number of halogens is 3. The fourth-order valence-electron chi connectivity index (χ4n) is 1.93. The van der Waals surface area contributed by atoms with Crippen LogP contribution < -0.4 is 5.32 Å². The molecule has 1 rings (SSSR count). The van der Waals surface area contributed by atoms with Crippen LogP contribution in [0.5, 0.6) is 0 Å². The molecule has 0 aromatic heterocycles. The molecule has 0 aliphatic heterocycles. The topological polar surface area (TPSA) is 66.4 Å². The average Bonchev–Trinajstić information content (AvgIpc) is 2.25.